The van der Waals surface area contributed by atoms with E-state index >= 15 is 0 Å². The van der Waals surface area contributed by atoms with Gasteiger partial charge in [0.05, 0.1) is 16.0 Å². The molecule has 10 heteroatoms. The molecule has 0 saturated heterocycles. The van der Waals surface area contributed by atoms with Crippen molar-refractivity contribution in [1.29, 1.82) is 0 Å². The maximum atomic E-state index is 13.2. The van der Waals surface area contributed by atoms with Gasteiger partial charge in [-0.1, -0.05) is 46.4 Å². The van der Waals surface area contributed by atoms with Gasteiger partial charge in [-0.15, -0.1) is 23.2 Å². The minimum absolute atomic E-state index is 0.295. The van der Waals surface area contributed by atoms with E-state index in [1.165, 1.54) is 18.2 Å². The van der Waals surface area contributed by atoms with Crippen LogP contribution in [0, 0.1) is 11.7 Å². The van der Waals surface area contributed by atoms with Crippen LogP contribution in [0.5, 0.6) is 0 Å². The molecule has 0 spiro atoms. The van der Waals surface area contributed by atoms with Crippen molar-refractivity contribution in [2.24, 2.45) is 5.92 Å². The van der Waals surface area contributed by atoms with Gasteiger partial charge in [0.1, 0.15) is 10.2 Å². The second kappa shape index (κ2) is 9.93. The van der Waals surface area contributed by atoms with Gasteiger partial charge in [0.15, 0.2) is 0 Å². The smallest absolute Gasteiger partial charge is 0.231 e. The summed E-state index contributed by atoms with van der Waals surface area (Å²) in [5.74, 6) is -1.96. The van der Waals surface area contributed by atoms with Crippen LogP contribution in [0.1, 0.15) is 17.0 Å². The van der Waals surface area contributed by atoms with Crippen molar-refractivity contribution in [3.8, 4) is 0 Å². The molecule has 1 N–H and O–H groups in total. The summed E-state index contributed by atoms with van der Waals surface area (Å²) in [7, 11) is 1.86. The molecule has 1 amide bonds. The van der Waals surface area contributed by atoms with E-state index in [1.54, 1.807) is 36.4 Å². The molecule has 2 atom stereocenters. The number of hydrogen-bond donors (Lipinski definition) is 1. The lowest BCUT2D eigenvalue weighted by Crippen LogP contribution is -2.19. The highest BCUT2D eigenvalue weighted by Gasteiger charge is 2.68. The van der Waals surface area contributed by atoms with Gasteiger partial charge in [0.2, 0.25) is 5.91 Å². The first-order chi connectivity index (χ1) is 16.0. The van der Waals surface area contributed by atoms with E-state index in [0.717, 1.165) is 11.3 Å². The van der Waals surface area contributed by atoms with E-state index in [9.17, 15) is 9.18 Å². The van der Waals surface area contributed by atoms with Crippen molar-refractivity contribution in [2.75, 3.05) is 17.3 Å². The lowest BCUT2D eigenvalue weighted by Gasteiger charge is -2.20. The second-order valence-corrected chi connectivity index (χ2v) is 11.1. The lowest BCUT2D eigenvalue weighted by atomic mass is 10.1. The Kier molecular flexibility index (Phi) is 7.50. The Morgan fingerprint density at radius 1 is 0.941 bits per heavy atom. The first-order valence-electron chi connectivity index (χ1n) is 10.1. The molecule has 0 aromatic heterocycles. The molecule has 0 aliphatic heterocycles. The summed E-state index contributed by atoms with van der Waals surface area (Å²) < 4.78 is 11.9. The Morgan fingerprint density at radius 2 is 1.59 bits per heavy atom. The molecular formula is C24H17Cl6FN2O. The molecule has 34 heavy (non-hydrogen) atoms. The number of amides is 1. The number of carbonyl (C=O) groups excluding carboxylic acids is 1. The Hall–Kier alpha value is -1.40. The minimum Gasteiger partial charge on any atom is -0.370 e. The number of carbonyl (C=O) groups is 1. The molecule has 3 nitrogen and oxygen atoms in total. The molecule has 0 radical (unpaired) electrons. The van der Waals surface area contributed by atoms with Crippen molar-refractivity contribution in [3.05, 3.63) is 91.6 Å². The molecule has 4 rings (SSSR count). The average molecular weight is 581 g/mol. The molecule has 2 unspecified atom stereocenters. The van der Waals surface area contributed by atoms with E-state index in [4.69, 9.17) is 69.6 Å². The Morgan fingerprint density at radius 3 is 2.26 bits per heavy atom. The second-order valence-electron chi connectivity index (χ2n) is 8.05. The quantitative estimate of drug-likeness (QED) is 0.234. The van der Waals surface area contributed by atoms with Gasteiger partial charge in [-0.2, -0.15) is 0 Å². The highest BCUT2D eigenvalue weighted by atomic mass is 35.5. The van der Waals surface area contributed by atoms with Gasteiger partial charge < -0.3 is 10.2 Å². The highest BCUT2D eigenvalue weighted by Crippen LogP contribution is 2.66. The molecular weight excluding hydrogens is 564 g/mol. The van der Waals surface area contributed by atoms with Gasteiger partial charge >= 0.3 is 0 Å². The normalized spacial score (nSPS) is 18.5. The Bertz CT molecular complexity index is 1250. The first kappa shape index (κ1) is 25.7. The van der Waals surface area contributed by atoms with Gasteiger partial charge in [0.25, 0.3) is 0 Å². The number of alkyl halides is 2. The zero-order chi connectivity index (χ0) is 24.8. The molecule has 0 bridgehead atoms. The summed E-state index contributed by atoms with van der Waals surface area (Å²) in [4.78, 5) is 15.0. The van der Waals surface area contributed by atoms with Crippen LogP contribution >= 0.6 is 69.6 Å². The van der Waals surface area contributed by atoms with Gasteiger partial charge in [0, 0.05) is 40.9 Å². The summed E-state index contributed by atoms with van der Waals surface area (Å²) >= 11 is 37.7. The maximum Gasteiger partial charge on any atom is 0.231 e. The zero-order valence-electron chi connectivity index (χ0n) is 17.6. The molecule has 0 heterocycles. The minimum atomic E-state index is -1.34. The SMILES string of the molecule is CN(Cc1cc(NC(=O)C2C(c3cc(Cl)c(Cl)cc3Cl)C2(Cl)Cl)ccc1Cl)c1ccc(F)cc1. The molecule has 3 aromatic rings. The van der Waals surface area contributed by atoms with Crippen LogP contribution in [0.2, 0.25) is 20.1 Å². The van der Waals surface area contributed by atoms with E-state index in [1.807, 2.05) is 11.9 Å². The Balaban J connectivity index is 1.50. The number of halogens is 7. The van der Waals surface area contributed by atoms with Crippen LogP contribution < -0.4 is 10.2 Å². The fourth-order valence-corrected chi connectivity index (χ4v) is 5.51. The van der Waals surface area contributed by atoms with Crippen LogP contribution in [0.25, 0.3) is 0 Å². The number of nitrogens with zero attached hydrogens (tertiary/aromatic N) is 1. The molecule has 1 aliphatic rings. The number of nitrogens with one attached hydrogen (secondary N) is 1. The standard InChI is InChI=1S/C24H17Cl6FN2O/c1-33(15-5-2-13(31)3-6-15)11-12-8-14(4-7-17(12)25)32-23(34)22-21(24(22,29)30)16-9-19(27)20(28)10-18(16)26/h2-10,21-22H,11H2,1H3,(H,32,34). The fraction of sp³-hybridized carbons (Fsp3) is 0.208. The van der Waals surface area contributed by atoms with Crippen molar-refractivity contribution in [2.45, 2.75) is 16.8 Å². The summed E-state index contributed by atoms with van der Waals surface area (Å²) in [5, 5.41) is 4.31. The molecule has 1 fully saturated rings. The molecule has 3 aromatic carbocycles. The monoisotopic (exact) mass is 578 g/mol. The number of rotatable bonds is 6. The van der Waals surface area contributed by atoms with Crippen molar-refractivity contribution < 1.29 is 9.18 Å². The summed E-state index contributed by atoms with van der Waals surface area (Å²) in [6.07, 6.45) is 0. The molecule has 1 saturated carbocycles. The number of benzene rings is 3. The zero-order valence-corrected chi connectivity index (χ0v) is 22.1. The van der Waals surface area contributed by atoms with E-state index < -0.39 is 16.2 Å². The fourth-order valence-electron chi connectivity index (χ4n) is 3.85. The van der Waals surface area contributed by atoms with E-state index in [2.05, 4.69) is 5.32 Å². The largest absolute Gasteiger partial charge is 0.370 e. The third-order valence-electron chi connectivity index (χ3n) is 5.70. The summed E-state index contributed by atoms with van der Waals surface area (Å²) in [5.41, 5.74) is 2.68. The first-order valence-corrected chi connectivity index (χ1v) is 12.3. The predicted molar refractivity (Wildman–Crippen MR) is 141 cm³/mol. The molecule has 1 aliphatic carbocycles. The van der Waals surface area contributed by atoms with E-state index in [0.29, 0.717) is 37.9 Å². The number of hydrogen-bond acceptors (Lipinski definition) is 2. The van der Waals surface area contributed by atoms with Crippen LogP contribution in [0.4, 0.5) is 15.8 Å². The van der Waals surface area contributed by atoms with Crippen molar-refractivity contribution in [1.82, 2.24) is 0 Å². The third-order valence-corrected chi connectivity index (χ3v) is 8.06. The van der Waals surface area contributed by atoms with E-state index in [-0.39, 0.29) is 11.7 Å². The topological polar surface area (TPSA) is 32.3 Å². The maximum absolute atomic E-state index is 13.2. The van der Waals surface area contributed by atoms with Crippen molar-refractivity contribution in [3.63, 3.8) is 0 Å². The van der Waals surface area contributed by atoms with Gasteiger partial charge in [-0.3, -0.25) is 4.79 Å². The van der Waals surface area contributed by atoms with Crippen molar-refractivity contribution >= 4 is 86.9 Å². The summed E-state index contributed by atoms with van der Waals surface area (Å²) in [6, 6.07) is 14.4. The average Bonchev–Trinajstić information content (AvgIpc) is 3.35. The predicted octanol–water partition coefficient (Wildman–Crippen LogP) is 8.60. The highest BCUT2D eigenvalue weighted by molar-refractivity contribution is 6.54. The van der Waals surface area contributed by atoms with Crippen LogP contribution in [-0.2, 0) is 11.3 Å². The lowest BCUT2D eigenvalue weighted by molar-refractivity contribution is -0.117. The molecule has 178 valence electrons. The number of anilines is 2. The Labute approximate surface area is 226 Å². The van der Waals surface area contributed by atoms with Crippen LogP contribution in [0.15, 0.2) is 54.6 Å². The summed E-state index contributed by atoms with van der Waals surface area (Å²) in [6.45, 7) is 0.439. The van der Waals surface area contributed by atoms with Gasteiger partial charge in [-0.25, -0.2) is 4.39 Å². The third kappa shape index (κ3) is 5.23. The van der Waals surface area contributed by atoms with Crippen LogP contribution in [0.3, 0.4) is 0 Å². The van der Waals surface area contributed by atoms with Gasteiger partial charge in [-0.05, 0) is 65.7 Å². The van der Waals surface area contributed by atoms with Crippen LogP contribution in [-0.4, -0.2) is 17.3 Å².